The highest BCUT2D eigenvalue weighted by Gasteiger charge is 2.29. The lowest BCUT2D eigenvalue weighted by molar-refractivity contribution is -0.123. The number of anilines is 1. The van der Waals surface area contributed by atoms with Crippen LogP contribution in [-0.2, 0) is 4.79 Å². The lowest BCUT2D eigenvalue weighted by Crippen LogP contribution is -2.52. The molecule has 3 atom stereocenters. The Morgan fingerprint density at radius 3 is 2.85 bits per heavy atom. The summed E-state index contributed by atoms with van der Waals surface area (Å²) in [5.41, 5.74) is 0. The quantitative estimate of drug-likeness (QED) is 0.874. The van der Waals surface area contributed by atoms with Gasteiger partial charge in [-0.2, -0.15) is 0 Å². The Bertz CT molecular complexity index is 786. The number of hydrogen-bond donors (Lipinski definition) is 1. The van der Waals surface area contributed by atoms with Crippen LogP contribution in [0.15, 0.2) is 17.8 Å². The molecule has 146 valence electrons. The SMILES string of the molecule is C[C@@H]1[C@H](C)CCC[C@@H]1NC(=O)CN1CCN(c2ncnc3sccc23)CC1. The summed E-state index contributed by atoms with van der Waals surface area (Å²) in [6.45, 7) is 8.65. The average molecular weight is 388 g/mol. The Kier molecular flexibility index (Phi) is 5.59. The van der Waals surface area contributed by atoms with Crippen molar-refractivity contribution in [2.75, 3.05) is 37.6 Å². The number of fused-ring (bicyclic) bond motifs is 1. The minimum Gasteiger partial charge on any atom is -0.353 e. The molecule has 4 rings (SSSR count). The zero-order valence-corrected chi connectivity index (χ0v) is 17.0. The van der Waals surface area contributed by atoms with E-state index in [2.05, 4.69) is 50.4 Å². The Morgan fingerprint density at radius 2 is 2.04 bits per heavy atom. The number of hydrogen-bond acceptors (Lipinski definition) is 6. The van der Waals surface area contributed by atoms with Gasteiger partial charge in [0, 0.05) is 32.2 Å². The first-order chi connectivity index (χ1) is 13.1. The molecule has 6 nitrogen and oxygen atoms in total. The summed E-state index contributed by atoms with van der Waals surface area (Å²) in [4.78, 5) is 27.0. The van der Waals surface area contributed by atoms with Gasteiger partial charge in [0.15, 0.2) is 0 Å². The van der Waals surface area contributed by atoms with Gasteiger partial charge in [0.2, 0.25) is 5.91 Å². The third kappa shape index (κ3) is 4.09. The summed E-state index contributed by atoms with van der Waals surface area (Å²) in [5.74, 6) is 2.48. The molecule has 27 heavy (non-hydrogen) atoms. The summed E-state index contributed by atoms with van der Waals surface area (Å²) in [6, 6.07) is 2.44. The number of piperazine rings is 1. The van der Waals surface area contributed by atoms with Gasteiger partial charge in [-0.25, -0.2) is 9.97 Å². The van der Waals surface area contributed by atoms with Crippen molar-refractivity contribution in [3.05, 3.63) is 17.8 Å². The number of nitrogens with one attached hydrogen (secondary N) is 1. The Hall–Kier alpha value is -1.73. The molecule has 7 heteroatoms. The van der Waals surface area contributed by atoms with Gasteiger partial charge in [0.05, 0.1) is 11.9 Å². The zero-order chi connectivity index (χ0) is 18.8. The van der Waals surface area contributed by atoms with Crippen molar-refractivity contribution in [2.24, 2.45) is 11.8 Å². The van der Waals surface area contributed by atoms with E-state index >= 15 is 0 Å². The first-order valence-corrected chi connectivity index (χ1v) is 10.9. The maximum atomic E-state index is 12.5. The fourth-order valence-corrected chi connectivity index (χ4v) is 5.12. The Morgan fingerprint density at radius 1 is 1.22 bits per heavy atom. The van der Waals surface area contributed by atoms with Crippen molar-refractivity contribution in [3.8, 4) is 0 Å². The van der Waals surface area contributed by atoms with Crippen molar-refractivity contribution in [2.45, 2.75) is 39.2 Å². The second kappa shape index (κ2) is 8.10. The molecular weight excluding hydrogens is 358 g/mol. The van der Waals surface area contributed by atoms with E-state index in [9.17, 15) is 4.79 Å². The van der Waals surface area contributed by atoms with Crippen molar-refractivity contribution >= 4 is 33.3 Å². The van der Waals surface area contributed by atoms with E-state index in [0.717, 1.165) is 48.6 Å². The third-order valence-electron chi connectivity index (χ3n) is 6.33. The molecule has 1 aliphatic carbocycles. The zero-order valence-electron chi connectivity index (χ0n) is 16.2. The third-order valence-corrected chi connectivity index (χ3v) is 7.15. The minimum atomic E-state index is 0.177. The van der Waals surface area contributed by atoms with Crippen LogP contribution in [-0.4, -0.2) is 59.5 Å². The average Bonchev–Trinajstić information content (AvgIpc) is 3.15. The first-order valence-electron chi connectivity index (χ1n) is 10.1. The molecule has 1 N–H and O–H groups in total. The number of amides is 1. The molecule has 1 amide bonds. The van der Waals surface area contributed by atoms with E-state index in [1.54, 1.807) is 17.7 Å². The lowest BCUT2D eigenvalue weighted by atomic mass is 9.78. The van der Waals surface area contributed by atoms with E-state index < -0.39 is 0 Å². The molecule has 1 aliphatic heterocycles. The van der Waals surface area contributed by atoms with Gasteiger partial charge < -0.3 is 10.2 Å². The van der Waals surface area contributed by atoms with E-state index in [4.69, 9.17) is 0 Å². The number of nitrogens with zero attached hydrogens (tertiary/aromatic N) is 4. The fraction of sp³-hybridized carbons (Fsp3) is 0.650. The topological polar surface area (TPSA) is 61.4 Å². The van der Waals surface area contributed by atoms with Gasteiger partial charge >= 0.3 is 0 Å². The molecule has 1 saturated carbocycles. The van der Waals surface area contributed by atoms with Crippen LogP contribution in [0, 0.1) is 11.8 Å². The predicted octanol–water partition coefficient (Wildman–Crippen LogP) is 2.75. The number of aromatic nitrogens is 2. The van der Waals surface area contributed by atoms with Crippen LogP contribution in [0.2, 0.25) is 0 Å². The fourth-order valence-electron chi connectivity index (χ4n) is 4.39. The van der Waals surface area contributed by atoms with Crippen LogP contribution < -0.4 is 10.2 Å². The molecule has 0 spiro atoms. The molecule has 2 aliphatic rings. The van der Waals surface area contributed by atoms with Gasteiger partial charge in [0.25, 0.3) is 0 Å². The highest BCUT2D eigenvalue weighted by molar-refractivity contribution is 7.16. The van der Waals surface area contributed by atoms with E-state index in [1.165, 1.54) is 12.8 Å². The Labute approximate surface area is 165 Å². The Balaban J connectivity index is 1.29. The normalized spacial score (nSPS) is 27.0. The second-order valence-corrected chi connectivity index (χ2v) is 8.94. The summed E-state index contributed by atoms with van der Waals surface area (Å²) < 4.78 is 0. The first kappa shape index (κ1) is 18.6. The lowest BCUT2D eigenvalue weighted by Gasteiger charge is -2.37. The van der Waals surface area contributed by atoms with Crippen molar-refractivity contribution in [1.82, 2.24) is 20.2 Å². The molecule has 0 bridgehead atoms. The number of rotatable bonds is 4. The molecule has 0 aromatic carbocycles. The molecule has 1 saturated heterocycles. The number of carbonyl (C=O) groups excluding carboxylic acids is 1. The smallest absolute Gasteiger partial charge is 0.234 e. The summed E-state index contributed by atoms with van der Waals surface area (Å²) >= 11 is 1.65. The van der Waals surface area contributed by atoms with Crippen LogP contribution in [0.5, 0.6) is 0 Å². The van der Waals surface area contributed by atoms with Crippen molar-refractivity contribution in [1.29, 1.82) is 0 Å². The van der Waals surface area contributed by atoms with Gasteiger partial charge in [0.1, 0.15) is 17.0 Å². The van der Waals surface area contributed by atoms with E-state index in [1.807, 2.05) is 0 Å². The number of carbonyl (C=O) groups is 1. The summed E-state index contributed by atoms with van der Waals surface area (Å²) in [7, 11) is 0. The standard InChI is InChI=1S/C20H29N5OS/c1-14-4-3-5-17(15(14)2)23-18(26)12-24-7-9-25(10-8-24)19-16-6-11-27-20(16)22-13-21-19/h6,11,13-15,17H,3-5,7-10,12H2,1-2H3,(H,23,26)/t14-,15-,17+/m1/s1. The van der Waals surface area contributed by atoms with Crippen LogP contribution in [0.1, 0.15) is 33.1 Å². The van der Waals surface area contributed by atoms with Crippen molar-refractivity contribution < 1.29 is 4.79 Å². The van der Waals surface area contributed by atoms with Crippen LogP contribution in [0.25, 0.3) is 10.2 Å². The highest BCUT2D eigenvalue weighted by atomic mass is 32.1. The molecular formula is C20H29N5OS. The van der Waals surface area contributed by atoms with Crippen LogP contribution in [0.3, 0.4) is 0 Å². The molecule has 2 fully saturated rings. The van der Waals surface area contributed by atoms with E-state index in [-0.39, 0.29) is 5.91 Å². The molecule has 0 unspecified atom stereocenters. The molecule has 0 radical (unpaired) electrons. The number of thiophene rings is 1. The minimum absolute atomic E-state index is 0.177. The van der Waals surface area contributed by atoms with Gasteiger partial charge in [-0.05, 0) is 29.7 Å². The monoisotopic (exact) mass is 387 g/mol. The van der Waals surface area contributed by atoms with Crippen LogP contribution >= 0.6 is 11.3 Å². The maximum absolute atomic E-state index is 12.5. The van der Waals surface area contributed by atoms with Gasteiger partial charge in [-0.1, -0.05) is 26.7 Å². The summed E-state index contributed by atoms with van der Waals surface area (Å²) in [6.07, 6.45) is 5.29. The van der Waals surface area contributed by atoms with Crippen molar-refractivity contribution in [3.63, 3.8) is 0 Å². The van der Waals surface area contributed by atoms with Crippen LogP contribution in [0.4, 0.5) is 5.82 Å². The molecule has 2 aromatic heterocycles. The predicted molar refractivity (Wildman–Crippen MR) is 110 cm³/mol. The highest BCUT2D eigenvalue weighted by Crippen LogP contribution is 2.29. The summed E-state index contributed by atoms with van der Waals surface area (Å²) in [5, 5.41) is 6.50. The second-order valence-electron chi connectivity index (χ2n) is 8.04. The largest absolute Gasteiger partial charge is 0.353 e. The van der Waals surface area contributed by atoms with Gasteiger partial charge in [-0.3, -0.25) is 9.69 Å². The van der Waals surface area contributed by atoms with E-state index in [0.29, 0.717) is 24.4 Å². The molecule has 3 heterocycles. The van der Waals surface area contributed by atoms with Gasteiger partial charge in [-0.15, -0.1) is 11.3 Å². The molecule has 2 aromatic rings. The maximum Gasteiger partial charge on any atom is 0.234 e.